The molecule has 0 spiro atoms. The lowest BCUT2D eigenvalue weighted by Crippen LogP contribution is -2.33. The quantitative estimate of drug-likeness (QED) is 0.423. The van der Waals surface area contributed by atoms with Crippen molar-refractivity contribution < 1.29 is 36.0 Å². The molecule has 198 valence electrons. The van der Waals surface area contributed by atoms with Crippen molar-refractivity contribution in [2.24, 2.45) is 0 Å². The smallest absolute Gasteiger partial charge is 0.322 e. The molecule has 0 fully saturated rings. The Balaban J connectivity index is 1.50. The molecule has 12 heteroatoms. The lowest BCUT2D eigenvalue weighted by molar-refractivity contribution is -0.137. The summed E-state index contributed by atoms with van der Waals surface area (Å²) in [4.78, 5) is 39.2. The first-order valence-electron chi connectivity index (χ1n) is 11.2. The Hall–Kier alpha value is -4.19. The average molecular weight is 546 g/mol. The lowest BCUT2D eigenvalue weighted by atomic mass is 10.1. The Bertz CT molecular complexity index is 1540. The van der Waals surface area contributed by atoms with Crippen LogP contribution < -0.4 is 14.9 Å². The molecule has 0 atom stereocenters. The van der Waals surface area contributed by atoms with Crippen LogP contribution in [0.1, 0.15) is 57.4 Å². The van der Waals surface area contributed by atoms with E-state index in [4.69, 9.17) is 0 Å². The van der Waals surface area contributed by atoms with Crippen LogP contribution in [-0.4, -0.2) is 30.9 Å². The number of alkyl halides is 3. The van der Waals surface area contributed by atoms with E-state index < -0.39 is 44.2 Å². The van der Waals surface area contributed by atoms with Gasteiger partial charge in [0, 0.05) is 16.9 Å². The molecular weight excluding hydrogens is 523 g/mol. The third kappa shape index (κ3) is 5.12. The van der Waals surface area contributed by atoms with Gasteiger partial charge in [0.2, 0.25) is 10.0 Å². The number of halogens is 3. The highest BCUT2D eigenvalue weighted by Crippen LogP contribution is 2.34. The summed E-state index contributed by atoms with van der Waals surface area (Å²) in [6.45, 7) is 4.65. The average Bonchev–Trinajstić information content (AvgIpc) is 3.07. The van der Waals surface area contributed by atoms with Crippen molar-refractivity contribution in [1.29, 1.82) is 0 Å². The zero-order valence-electron chi connectivity index (χ0n) is 20.4. The molecule has 0 radical (unpaired) electrons. The topological polar surface area (TPSA) is 113 Å². The van der Waals surface area contributed by atoms with Crippen LogP contribution >= 0.6 is 0 Å². The van der Waals surface area contributed by atoms with E-state index in [0.717, 1.165) is 29.2 Å². The number of hydrogen-bond acceptors (Lipinski definition) is 5. The van der Waals surface area contributed by atoms with Crippen LogP contribution in [0.15, 0.2) is 66.7 Å². The Morgan fingerprint density at radius 2 is 1.34 bits per heavy atom. The zero-order valence-corrected chi connectivity index (χ0v) is 21.2. The number of benzene rings is 3. The summed E-state index contributed by atoms with van der Waals surface area (Å²) in [5, 5.41) is 2.61. The van der Waals surface area contributed by atoms with Gasteiger partial charge in [-0.1, -0.05) is 0 Å². The molecule has 0 unspecified atom stereocenters. The molecule has 3 aromatic carbocycles. The molecule has 0 bridgehead atoms. The molecule has 0 saturated heterocycles. The third-order valence-corrected chi connectivity index (χ3v) is 7.92. The van der Waals surface area contributed by atoms with Crippen molar-refractivity contribution in [3.05, 3.63) is 89.0 Å². The predicted octanol–water partition coefficient (Wildman–Crippen LogP) is 5.30. The van der Waals surface area contributed by atoms with Crippen LogP contribution in [0, 0.1) is 0 Å². The number of fused-ring (bicyclic) bond motifs is 1. The van der Waals surface area contributed by atoms with E-state index in [1.807, 2.05) is 0 Å². The third-order valence-electron chi connectivity index (χ3n) is 5.80. The van der Waals surface area contributed by atoms with Gasteiger partial charge in [-0.2, -0.15) is 13.2 Å². The second-order valence-corrected chi connectivity index (χ2v) is 11.9. The predicted molar refractivity (Wildman–Crippen MR) is 136 cm³/mol. The summed E-state index contributed by atoms with van der Waals surface area (Å²) in [6, 6.07) is 13.4. The van der Waals surface area contributed by atoms with Crippen LogP contribution in [-0.2, 0) is 16.2 Å². The number of hydrogen-bond donors (Lipinski definition) is 2. The van der Waals surface area contributed by atoms with Crippen LogP contribution in [0.5, 0.6) is 0 Å². The minimum atomic E-state index is -4.56. The van der Waals surface area contributed by atoms with E-state index in [2.05, 4.69) is 10.0 Å². The standard InChI is InChI=1S/C26H22F3N3O5S/c1-25(2,3)38(36,37)31-17-8-4-15(5-9-17)22(33)30-18-10-13-20-21(14-18)24(35)32(23(20)34)19-11-6-16(7-12-19)26(27,28)29/h4-14,31H,1-3H3,(H,30,33). The van der Waals surface area contributed by atoms with Gasteiger partial charge in [-0.3, -0.25) is 19.1 Å². The molecule has 0 aliphatic carbocycles. The second kappa shape index (κ2) is 9.28. The van der Waals surface area contributed by atoms with Crippen molar-refractivity contribution in [1.82, 2.24) is 0 Å². The monoisotopic (exact) mass is 545 g/mol. The number of carbonyl (C=O) groups excluding carboxylic acids is 3. The summed E-state index contributed by atoms with van der Waals surface area (Å²) in [6.07, 6.45) is -4.56. The van der Waals surface area contributed by atoms with Gasteiger partial charge in [0.05, 0.1) is 27.1 Å². The number of nitrogens with zero attached hydrogens (tertiary/aromatic N) is 1. The zero-order chi connectivity index (χ0) is 28.0. The number of anilines is 3. The van der Waals surface area contributed by atoms with E-state index in [0.29, 0.717) is 0 Å². The van der Waals surface area contributed by atoms with Crippen molar-refractivity contribution >= 4 is 44.8 Å². The first kappa shape index (κ1) is 26.9. The molecule has 0 saturated carbocycles. The number of amides is 3. The largest absolute Gasteiger partial charge is 0.416 e. The second-order valence-electron chi connectivity index (χ2n) is 9.50. The highest BCUT2D eigenvalue weighted by atomic mass is 32.2. The summed E-state index contributed by atoms with van der Waals surface area (Å²) in [7, 11) is -3.65. The van der Waals surface area contributed by atoms with Gasteiger partial charge >= 0.3 is 6.18 Å². The highest BCUT2D eigenvalue weighted by Gasteiger charge is 2.38. The lowest BCUT2D eigenvalue weighted by Gasteiger charge is -2.20. The van der Waals surface area contributed by atoms with Crippen LogP contribution in [0.25, 0.3) is 0 Å². The molecule has 3 amide bonds. The van der Waals surface area contributed by atoms with Gasteiger partial charge < -0.3 is 5.32 Å². The van der Waals surface area contributed by atoms with Crippen LogP contribution in [0.2, 0.25) is 0 Å². The summed E-state index contributed by atoms with van der Waals surface area (Å²) in [5.74, 6) is -1.99. The molecule has 4 rings (SSSR count). The van der Waals surface area contributed by atoms with E-state index in [9.17, 15) is 36.0 Å². The van der Waals surface area contributed by atoms with Gasteiger partial charge in [-0.05, 0) is 87.5 Å². The Labute approximate surface area is 216 Å². The van der Waals surface area contributed by atoms with Gasteiger partial charge in [-0.25, -0.2) is 13.3 Å². The van der Waals surface area contributed by atoms with Crippen molar-refractivity contribution in [2.45, 2.75) is 31.7 Å². The molecule has 0 aromatic heterocycles. The number of carbonyl (C=O) groups is 3. The van der Waals surface area contributed by atoms with Crippen LogP contribution in [0.4, 0.5) is 30.2 Å². The molecule has 3 aromatic rings. The fourth-order valence-electron chi connectivity index (χ4n) is 3.55. The fourth-order valence-corrected chi connectivity index (χ4v) is 4.31. The molecule has 1 aliphatic rings. The van der Waals surface area contributed by atoms with Gasteiger partial charge in [0.1, 0.15) is 0 Å². The van der Waals surface area contributed by atoms with Gasteiger partial charge in [0.15, 0.2) is 0 Å². The number of rotatable bonds is 5. The van der Waals surface area contributed by atoms with Gasteiger partial charge in [-0.15, -0.1) is 0 Å². The summed E-state index contributed by atoms with van der Waals surface area (Å²) < 4.78 is 64.6. The first-order valence-corrected chi connectivity index (χ1v) is 12.7. The summed E-state index contributed by atoms with van der Waals surface area (Å²) in [5.41, 5.74) is -0.205. The van der Waals surface area contributed by atoms with E-state index in [-0.39, 0.29) is 33.8 Å². The molecular formula is C26H22F3N3O5S. The normalized spacial score (nSPS) is 13.9. The Morgan fingerprint density at radius 3 is 1.89 bits per heavy atom. The highest BCUT2D eigenvalue weighted by molar-refractivity contribution is 7.94. The van der Waals surface area contributed by atoms with E-state index in [1.54, 1.807) is 20.8 Å². The van der Waals surface area contributed by atoms with E-state index in [1.165, 1.54) is 42.5 Å². The van der Waals surface area contributed by atoms with Crippen LogP contribution in [0.3, 0.4) is 0 Å². The maximum Gasteiger partial charge on any atom is 0.416 e. The van der Waals surface area contributed by atoms with E-state index >= 15 is 0 Å². The van der Waals surface area contributed by atoms with Crippen molar-refractivity contribution in [3.8, 4) is 0 Å². The molecule has 1 aliphatic heterocycles. The first-order chi connectivity index (χ1) is 17.6. The molecule has 8 nitrogen and oxygen atoms in total. The molecule has 1 heterocycles. The number of sulfonamides is 1. The summed E-state index contributed by atoms with van der Waals surface area (Å²) >= 11 is 0. The number of imide groups is 1. The minimum Gasteiger partial charge on any atom is -0.322 e. The van der Waals surface area contributed by atoms with Crippen molar-refractivity contribution in [2.75, 3.05) is 14.9 Å². The molecule has 2 N–H and O–H groups in total. The number of nitrogens with one attached hydrogen (secondary N) is 2. The maximum absolute atomic E-state index is 12.9. The van der Waals surface area contributed by atoms with Gasteiger partial charge in [0.25, 0.3) is 17.7 Å². The Kier molecular flexibility index (Phi) is 6.56. The molecule has 38 heavy (non-hydrogen) atoms. The maximum atomic E-state index is 12.9. The van der Waals surface area contributed by atoms with Crippen molar-refractivity contribution in [3.63, 3.8) is 0 Å². The minimum absolute atomic E-state index is 0.0142. The fraction of sp³-hybridized carbons (Fsp3) is 0.192. The SMILES string of the molecule is CC(C)(C)S(=O)(=O)Nc1ccc(C(=O)Nc2ccc3c(c2)C(=O)N(c2ccc(C(F)(F)F)cc2)C3=O)cc1. The Morgan fingerprint density at radius 1 is 0.789 bits per heavy atom.